The van der Waals surface area contributed by atoms with Gasteiger partial charge in [0.1, 0.15) is 0 Å². The molecule has 24 heavy (non-hydrogen) atoms. The van der Waals surface area contributed by atoms with Gasteiger partial charge in [-0.25, -0.2) is 0 Å². The first-order chi connectivity index (χ1) is 6.93. The monoisotopic (exact) mass is 474 g/mol. The molecule has 0 unspecified atom stereocenters. The molecule has 0 aromatic rings. The van der Waals surface area contributed by atoms with Gasteiger partial charge in [-0.1, -0.05) is 0 Å². The van der Waals surface area contributed by atoms with E-state index in [1.807, 2.05) is 0 Å². The minimum absolute atomic E-state index is 0. The standard InChI is InChI=1S/2Co.4NO3.6H2O/c;;4*2-1(3)4;;;;;;/h;;;;;;6*1H2/q2*+2;4*-1;;;;;;. The van der Waals surface area contributed by atoms with Crippen LogP contribution in [0.1, 0.15) is 0 Å². The van der Waals surface area contributed by atoms with Crippen LogP contribution in [0.3, 0.4) is 0 Å². The third-order valence-corrected chi connectivity index (χ3v) is 0. The van der Waals surface area contributed by atoms with Crippen LogP contribution in [0.5, 0.6) is 0 Å². The van der Waals surface area contributed by atoms with Gasteiger partial charge >= 0.3 is 33.6 Å². The summed E-state index contributed by atoms with van der Waals surface area (Å²) in [5, 5.41) is 59.0. The van der Waals surface area contributed by atoms with Gasteiger partial charge in [0, 0.05) is 0 Å². The van der Waals surface area contributed by atoms with E-state index in [4.69, 9.17) is 61.3 Å². The fourth-order valence-corrected chi connectivity index (χ4v) is 0. The smallest absolute Gasteiger partial charge is 0.412 e. The van der Waals surface area contributed by atoms with E-state index in [-0.39, 0.29) is 66.4 Å². The summed E-state index contributed by atoms with van der Waals surface area (Å²) in [6.45, 7) is 0. The van der Waals surface area contributed by atoms with Crippen LogP contribution < -0.4 is 0 Å². The summed E-state index contributed by atoms with van der Waals surface area (Å²) in [6.07, 6.45) is 0. The molecular weight excluding hydrogens is 462 g/mol. The number of hydrogen-bond acceptors (Lipinski definition) is 12. The first kappa shape index (κ1) is 99.6. The van der Waals surface area contributed by atoms with E-state index < -0.39 is 20.3 Å². The van der Waals surface area contributed by atoms with Gasteiger partial charge in [0.2, 0.25) is 0 Å². The van der Waals surface area contributed by atoms with Crippen molar-refractivity contribution in [3.8, 4) is 0 Å². The van der Waals surface area contributed by atoms with Crippen molar-refractivity contribution in [2.45, 2.75) is 0 Å². The van der Waals surface area contributed by atoms with Crippen molar-refractivity contribution < 1.29 is 86.8 Å². The van der Waals surface area contributed by atoms with Crippen LogP contribution in [0, 0.1) is 61.3 Å². The molecular formula is H12Co2N4O18. The summed E-state index contributed by atoms with van der Waals surface area (Å²) >= 11 is 0. The number of hydrogen-bond donors (Lipinski definition) is 0. The SMILES string of the molecule is O.O.O.O.O.O.O=[N+]([O-])[O-].O=[N+]([O-])[O-].O=[N+]([O-])[O-].O=[N+]([O-])[O-].[Co+2].[Co+2]. The Morgan fingerprint density at radius 2 is 0.333 bits per heavy atom. The van der Waals surface area contributed by atoms with Crippen LogP contribution in [0.25, 0.3) is 0 Å². The Labute approximate surface area is 149 Å². The van der Waals surface area contributed by atoms with Crippen LogP contribution in [0.15, 0.2) is 0 Å². The molecule has 0 aromatic heterocycles. The molecule has 2 radical (unpaired) electrons. The second-order valence-electron chi connectivity index (χ2n) is 0.894. The zero-order chi connectivity index (χ0) is 14.3. The summed E-state index contributed by atoms with van der Waals surface area (Å²) < 4.78 is 0. The molecule has 24 heteroatoms. The Bertz CT molecular complexity index is 165. The van der Waals surface area contributed by atoms with Crippen LogP contribution >= 0.6 is 0 Å². The van der Waals surface area contributed by atoms with E-state index in [9.17, 15) is 0 Å². The Morgan fingerprint density at radius 1 is 0.333 bits per heavy atom. The molecule has 12 N–H and O–H groups in total. The topological polar surface area (TPSA) is 454 Å². The third-order valence-electron chi connectivity index (χ3n) is 0. The first-order valence-corrected chi connectivity index (χ1v) is 2.19. The first-order valence-electron chi connectivity index (χ1n) is 2.19. The zero-order valence-corrected chi connectivity index (χ0v) is 12.4. The van der Waals surface area contributed by atoms with Crippen molar-refractivity contribution in [3.05, 3.63) is 61.3 Å². The van der Waals surface area contributed by atoms with Crippen LogP contribution in [-0.4, -0.2) is 53.2 Å². The molecule has 0 aromatic carbocycles. The maximum Gasteiger partial charge on any atom is 2.00 e. The largest absolute Gasteiger partial charge is 2.00 e. The van der Waals surface area contributed by atoms with Gasteiger partial charge in [0.15, 0.2) is 0 Å². The predicted molar refractivity (Wildman–Crippen MR) is 63.1 cm³/mol. The van der Waals surface area contributed by atoms with Crippen molar-refractivity contribution in [2.24, 2.45) is 0 Å². The quantitative estimate of drug-likeness (QED) is 0.234. The van der Waals surface area contributed by atoms with Crippen molar-refractivity contribution in [1.82, 2.24) is 0 Å². The number of rotatable bonds is 0. The van der Waals surface area contributed by atoms with Crippen molar-refractivity contribution >= 4 is 0 Å². The maximum atomic E-state index is 8.25. The van der Waals surface area contributed by atoms with Crippen molar-refractivity contribution in [1.29, 1.82) is 0 Å². The molecule has 0 heterocycles. The molecule has 0 aliphatic carbocycles. The minimum Gasteiger partial charge on any atom is -0.412 e. The van der Waals surface area contributed by atoms with Gasteiger partial charge in [-0.05, 0) is 0 Å². The molecule has 0 saturated heterocycles. The Balaban J connectivity index is -0.00000000720. The molecule has 158 valence electrons. The van der Waals surface area contributed by atoms with Crippen LogP contribution in [0.2, 0.25) is 0 Å². The summed E-state index contributed by atoms with van der Waals surface area (Å²) in [6, 6.07) is 0. The van der Waals surface area contributed by atoms with E-state index in [0.717, 1.165) is 0 Å². The maximum absolute atomic E-state index is 8.25. The molecule has 0 amide bonds. The second kappa shape index (κ2) is 86.0. The molecule has 0 saturated carbocycles. The average molecular weight is 474 g/mol. The zero-order valence-electron chi connectivity index (χ0n) is 10.4. The summed E-state index contributed by atoms with van der Waals surface area (Å²) in [5.74, 6) is 0. The van der Waals surface area contributed by atoms with E-state index >= 15 is 0 Å². The normalized spacial score (nSPS) is 4.00. The Morgan fingerprint density at radius 3 is 0.333 bits per heavy atom. The van der Waals surface area contributed by atoms with E-state index in [1.54, 1.807) is 0 Å². The molecule has 0 rings (SSSR count). The predicted octanol–water partition coefficient (Wildman–Crippen LogP) is -5.91. The van der Waals surface area contributed by atoms with Crippen LogP contribution in [-0.2, 0) is 33.6 Å². The van der Waals surface area contributed by atoms with E-state index in [1.165, 1.54) is 0 Å². The molecule has 0 aliphatic heterocycles. The molecule has 0 atom stereocenters. The van der Waals surface area contributed by atoms with E-state index in [2.05, 4.69) is 0 Å². The van der Waals surface area contributed by atoms with Crippen molar-refractivity contribution in [3.63, 3.8) is 0 Å². The minimum atomic E-state index is -1.75. The van der Waals surface area contributed by atoms with Gasteiger partial charge in [-0.15, -0.1) is 0 Å². The molecule has 0 spiro atoms. The summed E-state index contributed by atoms with van der Waals surface area (Å²) in [5.41, 5.74) is 0. The van der Waals surface area contributed by atoms with Gasteiger partial charge < -0.3 is 94.1 Å². The summed E-state index contributed by atoms with van der Waals surface area (Å²) in [4.78, 5) is 33.0. The molecule has 0 fully saturated rings. The van der Waals surface area contributed by atoms with Crippen LogP contribution in [0.4, 0.5) is 0 Å². The van der Waals surface area contributed by atoms with Gasteiger partial charge in [0.05, 0.1) is 20.3 Å². The Kier molecular flexibility index (Phi) is 357. The Hall–Kier alpha value is -2.43. The van der Waals surface area contributed by atoms with E-state index in [0.29, 0.717) is 0 Å². The number of nitrogens with zero attached hydrogens (tertiary/aromatic N) is 4. The van der Waals surface area contributed by atoms with Gasteiger partial charge in [0.25, 0.3) is 0 Å². The molecule has 0 aliphatic rings. The molecule has 0 bridgehead atoms. The fraction of sp³-hybridized carbons (Fsp3) is 0. The fourth-order valence-electron chi connectivity index (χ4n) is 0. The summed E-state index contributed by atoms with van der Waals surface area (Å²) in [7, 11) is 0. The third kappa shape index (κ3) is 1150. The van der Waals surface area contributed by atoms with Gasteiger partial charge in [-0.2, -0.15) is 0 Å². The second-order valence-corrected chi connectivity index (χ2v) is 0.894. The van der Waals surface area contributed by atoms with Gasteiger partial charge in [-0.3, -0.25) is 0 Å². The van der Waals surface area contributed by atoms with Crippen molar-refractivity contribution in [2.75, 3.05) is 0 Å². The average Bonchev–Trinajstić information content (AvgIpc) is 1.76. The molecule has 22 nitrogen and oxygen atoms in total.